The molecule has 0 radical (unpaired) electrons. The van der Waals surface area contributed by atoms with Gasteiger partial charge < -0.3 is 0 Å². The van der Waals surface area contributed by atoms with Crippen LogP contribution in [0.25, 0.3) is 92.6 Å². The van der Waals surface area contributed by atoms with Gasteiger partial charge in [-0.1, -0.05) is 146 Å². The van der Waals surface area contributed by atoms with Gasteiger partial charge in [0.2, 0.25) is 5.95 Å². The third kappa shape index (κ3) is 4.18. The molecule has 0 unspecified atom stereocenters. The Labute approximate surface area is 280 Å². The zero-order valence-electron chi connectivity index (χ0n) is 25.7. The van der Waals surface area contributed by atoms with Crippen LogP contribution in [0.4, 0.5) is 0 Å². The van der Waals surface area contributed by atoms with Crippen LogP contribution in [0.1, 0.15) is 0 Å². The Morgan fingerprint density at radius 1 is 0.396 bits per heavy atom. The second kappa shape index (κ2) is 10.7. The number of nitrogens with zero attached hydrogens (tertiary/aromatic N) is 4. The van der Waals surface area contributed by atoms with Crippen LogP contribution in [0.3, 0.4) is 0 Å². The van der Waals surface area contributed by atoms with Gasteiger partial charge in [0.1, 0.15) is 0 Å². The van der Waals surface area contributed by atoms with Gasteiger partial charge in [0.25, 0.3) is 0 Å². The smallest absolute Gasteiger partial charge is 0.238 e. The van der Waals surface area contributed by atoms with Crippen molar-refractivity contribution in [2.24, 2.45) is 0 Å². The fraction of sp³-hybridized carbons (Fsp3) is 0. The topological polar surface area (TPSA) is 43.6 Å². The number of thiophene rings is 1. The van der Waals surface area contributed by atoms with Gasteiger partial charge in [-0.25, -0.2) is 4.98 Å². The standard InChI is InChI=1S/C43H26N4S/c1-3-13-28(14-4-1)41-44-42(29-15-5-2-6-16-29)46-43(45-41)47-39-31-17-8-7-12-27(31)22-25-36(39)35-20-11-19-32(40(35)47)30-23-24-34-33-18-9-10-21-37(33)48-38(34)26-30/h1-26H. The van der Waals surface area contributed by atoms with Gasteiger partial charge in [-0.2, -0.15) is 9.97 Å². The van der Waals surface area contributed by atoms with Crippen molar-refractivity contribution in [3.63, 3.8) is 0 Å². The third-order valence-electron chi connectivity index (χ3n) is 9.25. The molecule has 0 spiro atoms. The highest BCUT2D eigenvalue weighted by atomic mass is 32.1. The van der Waals surface area contributed by atoms with Crippen LogP contribution in [0.5, 0.6) is 0 Å². The van der Waals surface area contributed by atoms with Crippen molar-refractivity contribution in [2.75, 3.05) is 0 Å². The molecule has 0 aliphatic rings. The maximum absolute atomic E-state index is 5.24. The molecular weight excluding hydrogens is 605 g/mol. The molecular formula is C43H26N4S. The molecule has 10 rings (SSSR count). The summed E-state index contributed by atoms with van der Waals surface area (Å²) in [6, 6.07) is 55.5. The Morgan fingerprint density at radius 2 is 1.00 bits per heavy atom. The third-order valence-corrected chi connectivity index (χ3v) is 10.4. The molecule has 0 fully saturated rings. The van der Waals surface area contributed by atoms with Crippen LogP contribution in [0.15, 0.2) is 158 Å². The number of rotatable bonds is 4. The van der Waals surface area contributed by atoms with E-state index in [0.29, 0.717) is 17.6 Å². The fourth-order valence-corrected chi connectivity index (χ4v) is 8.20. The van der Waals surface area contributed by atoms with Crippen LogP contribution in [0.2, 0.25) is 0 Å². The zero-order valence-corrected chi connectivity index (χ0v) is 26.5. The van der Waals surface area contributed by atoms with E-state index in [9.17, 15) is 0 Å². The minimum atomic E-state index is 0.592. The molecule has 0 atom stereocenters. The molecule has 3 aromatic heterocycles. The number of hydrogen-bond donors (Lipinski definition) is 0. The second-order valence-electron chi connectivity index (χ2n) is 12.0. The predicted octanol–water partition coefficient (Wildman–Crippen LogP) is 11.5. The van der Waals surface area contributed by atoms with E-state index in [2.05, 4.69) is 126 Å². The van der Waals surface area contributed by atoms with Gasteiger partial charge in [-0.15, -0.1) is 11.3 Å². The summed E-state index contributed by atoms with van der Waals surface area (Å²) in [5, 5.41) is 7.23. The minimum absolute atomic E-state index is 0.592. The Morgan fingerprint density at radius 3 is 1.77 bits per heavy atom. The summed E-state index contributed by atoms with van der Waals surface area (Å²) in [5.41, 5.74) is 6.35. The van der Waals surface area contributed by atoms with Crippen molar-refractivity contribution in [3.8, 4) is 39.9 Å². The summed E-state index contributed by atoms with van der Waals surface area (Å²) in [4.78, 5) is 15.5. The highest BCUT2D eigenvalue weighted by Crippen LogP contribution is 2.42. The van der Waals surface area contributed by atoms with E-state index in [4.69, 9.17) is 15.0 Å². The molecule has 7 aromatic carbocycles. The van der Waals surface area contributed by atoms with Gasteiger partial charge in [-0.3, -0.25) is 4.57 Å². The Bertz CT molecular complexity index is 2780. The lowest BCUT2D eigenvalue weighted by Gasteiger charge is -2.14. The van der Waals surface area contributed by atoms with Gasteiger partial charge in [0.15, 0.2) is 11.6 Å². The van der Waals surface area contributed by atoms with Crippen molar-refractivity contribution in [1.82, 2.24) is 19.5 Å². The van der Waals surface area contributed by atoms with Crippen LogP contribution in [0, 0.1) is 0 Å². The van der Waals surface area contributed by atoms with Crippen LogP contribution >= 0.6 is 11.3 Å². The summed E-state index contributed by atoms with van der Waals surface area (Å²) in [6.07, 6.45) is 0. The molecule has 0 saturated carbocycles. The average Bonchev–Trinajstić information content (AvgIpc) is 3.71. The number of aromatic nitrogens is 4. The van der Waals surface area contributed by atoms with E-state index in [1.165, 1.54) is 25.6 Å². The van der Waals surface area contributed by atoms with Crippen molar-refractivity contribution in [2.45, 2.75) is 0 Å². The largest absolute Gasteiger partial charge is 0.277 e. The van der Waals surface area contributed by atoms with Crippen LogP contribution in [-0.2, 0) is 0 Å². The molecule has 0 saturated heterocycles. The maximum Gasteiger partial charge on any atom is 0.238 e. The van der Waals surface area contributed by atoms with Crippen LogP contribution in [-0.4, -0.2) is 19.5 Å². The van der Waals surface area contributed by atoms with Gasteiger partial charge in [-0.05, 0) is 23.1 Å². The van der Waals surface area contributed by atoms with E-state index in [-0.39, 0.29) is 0 Å². The molecule has 0 N–H and O–H groups in total. The first kappa shape index (κ1) is 27.0. The Hall–Kier alpha value is -6.17. The maximum atomic E-state index is 5.24. The average molecular weight is 631 g/mol. The van der Waals surface area contributed by atoms with Crippen molar-refractivity contribution < 1.29 is 0 Å². The van der Waals surface area contributed by atoms with Crippen molar-refractivity contribution in [3.05, 3.63) is 158 Å². The summed E-state index contributed by atoms with van der Waals surface area (Å²) in [5.74, 6) is 1.87. The monoisotopic (exact) mass is 630 g/mol. The lowest BCUT2D eigenvalue weighted by atomic mass is 10.00. The Kier molecular flexibility index (Phi) is 6.01. The highest BCUT2D eigenvalue weighted by Gasteiger charge is 2.22. The van der Waals surface area contributed by atoms with E-state index < -0.39 is 0 Å². The zero-order chi connectivity index (χ0) is 31.6. The minimum Gasteiger partial charge on any atom is -0.277 e. The quantitative estimate of drug-likeness (QED) is 0.194. The first-order chi connectivity index (χ1) is 23.8. The van der Waals surface area contributed by atoms with Crippen molar-refractivity contribution >= 4 is 64.1 Å². The van der Waals surface area contributed by atoms with Crippen molar-refractivity contribution in [1.29, 1.82) is 0 Å². The molecule has 10 aromatic rings. The SMILES string of the molecule is c1ccc(-c2nc(-c3ccccc3)nc(-n3c4c(-c5ccc6c(c5)sc5ccccc56)cccc4c4ccc5ccccc5c43)n2)cc1. The number of fused-ring (bicyclic) bond motifs is 8. The summed E-state index contributed by atoms with van der Waals surface area (Å²) >= 11 is 1.84. The molecule has 0 bridgehead atoms. The molecule has 0 aliphatic carbocycles. The molecule has 48 heavy (non-hydrogen) atoms. The molecule has 0 amide bonds. The molecule has 0 aliphatic heterocycles. The van der Waals surface area contributed by atoms with E-state index >= 15 is 0 Å². The highest BCUT2D eigenvalue weighted by molar-refractivity contribution is 7.25. The first-order valence-corrected chi connectivity index (χ1v) is 16.9. The summed E-state index contributed by atoms with van der Waals surface area (Å²) < 4.78 is 4.85. The Balaban J connectivity index is 1.34. The molecule has 5 heteroatoms. The van der Waals surface area contributed by atoms with E-state index in [1.807, 2.05) is 47.7 Å². The van der Waals surface area contributed by atoms with Gasteiger partial charge >= 0.3 is 0 Å². The lowest BCUT2D eigenvalue weighted by molar-refractivity contribution is 0.955. The summed E-state index contributed by atoms with van der Waals surface area (Å²) in [6.45, 7) is 0. The predicted molar refractivity (Wildman–Crippen MR) is 201 cm³/mol. The van der Waals surface area contributed by atoms with E-state index in [0.717, 1.165) is 49.4 Å². The lowest BCUT2D eigenvalue weighted by Crippen LogP contribution is -2.07. The normalized spacial score (nSPS) is 11.8. The van der Waals surface area contributed by atoms with E-state index in [1.54, 1.807) is 0 Å². The second-order valence-corrected chi connectivity index (χ2v) is 13.1. The molecule has 4 nitrogen and oxygen atoms in total. The number of benzene rings is 7. The first-order valence-electron chi connectivity index (χ1n) is 16.0. The molecule has 224 valence electrons. The fourth-order valence-electron chi connectivity index (χ4n) is 7.05. The number of hydrogen-bond acceptors (Lipinski definition) is 4. The van der Waals surface area contributed by atoms with Gasteiger partial charge in [0.05, 0.1) is 11.0 Å². The van der Waals surface area contributed by atoms with Crippen LogP contribution < -0.4 is 0 Å². The molecule has 3 heterocycles. The van der Waals surface area contributed by atoms with Gasteiger partial charge in [0, 0.05) is 53.0 Å². The number of para-hydroxylation sites is 1. The summed E-state index contributed by atoms with van der Waals surface area (Å²) in [7, 11) is 0.